The summed E-state index contributed by atoms with van der Waals surface area (Å²) in [6, 6.07) is 3.69. The van der Waals surface area contributed by atoms with E-state index < -0.39 is 36.2 Å². The molecular formula is C24H34O6. The molecule has 0 aliphatic carbocycles. The number of carboxylic acid groups (broad SMARTS) is 1. The van der Waals surface area contributed by atoms with Gasteiger partial charge in [0.15, 0.2) is 5.79 Å². The molecule has 0 amide bonds. The number of aromatic carboxylic acids is 1. The summed E-state index contributed by atoms with van der Waals surface area (Å²) in [5.41, 5.74) is 2.63. The molecule has 0 spiro atoms. The maximum atomic E-state index is 11.6. The number of ether oxygens (including phenoxy) is 2. The van der Waals surface area contributed by atoms with Crippen molar-refractivity contribution >= 4 is 12.0 Å². The van der Waals surface area contributed by atoms with E-state index in [1.165, 1.54) is 0 Å². The van der Waals surface area contributed by atoms with Gasteiger partial charge in [-0.05, 0) is 58.1 Å². The monoisotopic (exact) mass is 418 g/mol. The van der Waals surface area contributed by atoms with Crippen molar-refractivity contribution in [3.63, 3.8) is 0 Å². The molecule has 5 atom stereocenters. The number of carboxylic acids is 1. The topological polar surface area (TPSA) is 96.2 Å². The van der Waals surface area contributed by atoms with Gasteiger partial charge in [-0.15, -0.1) is 0 Å². The minimum Gasteiger partial charge on any atom is -0.478 e. The van der Waals surface area contributed by atoms with Crippen molar-refractivity contribution in [2.75, 3.05) is 0 Å². The van der Waals surface area contributed by atoms with Crippen molar-refractivity contribution in [1.82, 2.24) is 0 Å². The number of aryl methyl sites for hydroxylation is 2. The summed E-state index contributed by atoms with van der Waals surface area (Å²) in [6.45, 7) is 10.9. The molecule has 1 heterocycles. The molecule has 166 valence electrons. The zero-order chi connectivity index (χ0) is 22.6. The van der Waals surface area contributed by atoms with Gasteiger partial charge in [-0.25, -0.2) is 4.79 Å². The van der Waals surface area contributed by atoms with Crippen LogP contribution in [0.1, 0.15) is 61.2 Å². The predicted molar refractivity (Wildman–Crippen MR) is 116 cm³/mol. The van der Waals surface area contributed by atoms with E-state index in [1.807, 2.05) is 32.1 Å². The summed E-state index contributed by atoms with van der Waals surface area (Å²) in [6.07, 6.45) is 5.15. The molecule has 1 aromatic rings. The van der Waals surface area contributed by atoms with Crippen LogP contribution in [0.2, 0.25) is 0 Å². The molecule has 1 aromatic carbocycles. The lowest BCUT2D eigenvalue weighted by atomic mass is 9.97. The van der Waals surface area contributed by atoms with Crippen LogP contribution in [0, 0.1) is 19.8 Å². The molecule has 1 fully saturated rings. The molecular weight excluding hydrogens is 384 g/mol. The Kier molecular flexibility index (Phi) is 7.99. The minimum atomic E-state index is -0.959. The van der Waals surface area contributed by atoms with Crippen LogP contribution >= 0.6 is 0 Å². The Morgan fingerprint density at radius 2 is 1.83 bits per heavy atom. The number of aliphatic hydroxyl groups excluding tert-OH is 2. The summed E-state index contributed by atoms with van der Waals surface area (Å²) in [7, 11) is 0. The van der Waals surface area contributed by atoms with E-state index in [1.54, 1.807) is 45.9 Å². The highest BCUT2D eigenvalue weighted by molar-refractivity contribution is 5.94. The maximum Gasteiger partial charge on any atom is 0.336 e. The average Bonchev–Trinajstić information content (AvgIpc) is 2.93. The molecule has 1 unspecified atom stereocenters. The molecule has 6 heteroatoms. The largest absolute Gasteiger partial charge is 0.478 e. The smallest absolute Gasteiger partial charge is 0.336 e. The van der Waals surface area contributed by atoms with Gasteiger partial charge in [0.1, 0.15) is 12.2 Å². The first-order chi connectivity index (χ1) is 13.9. The highest BCUT2D eigenvalue weighted by Gasteiger charge is 2.43. The summed E-state index contributed by atoms with van der Waals surface area (Å²) < 4.78 is 11.9. The Labute approximate surface area is 178 Å². The predicted octanol–water partition coefficient (Wildman–Crippen LogP) is 3.86. The van der Waals surface area contributed by atoms with Crippen LogP contribution in [0.25, 0.3) is 6.08 Å². The van der Waals surface area contributed by atoms with E-state index in [0.29, 0.717) is 12.0 Å². The van der Waals surface area contributed by atoms with Gasteiger partial charge in [0.2, 0.25) is 0 Å². The summed E-state index contributed by atoms with van der Waals surface area (Å²) in [5.74, 6) is -1.88. The van der Waals surface area contributed by atoms with Crippen LogP contribution in [0.15, 0.2) is 30.4 Å². The molecule has 0 saturated carbocycles. The van der Waals surface area contributed by atoms with Gasteiger partial charge in [-0.1, -0.05) is 48.9 Å². The summed E-state index contributed by atoms with van der Waals surface area (Å²) in [4.78, 5) is 11.6. The van der Waals surface area contributed by atoms with Crippen LogP contribution in [-0.2, 0) is 9.47 Å². The Bertz CT molecular complexity index is 808. The Hall–Kier alpha value is -1.99. The van der Waals surface area contributed by atoms with Gasteiger partial charge in [0.05, 0.1) is 17.8 Å². The quantitative estimate of drug-likeness (QED) is 0.555. The second-order valence-corrected chi connectivity index (χ2v) is 8.60. The molecule has 2 rings (SSSR count). The van der Waals surface area contributed by atoms with Gasteiger partial charge in [-0.3, -0.25) is 0 Å². The molecule has 30 heavy (non-hydrogen) atoms. The minimum absolute atomic E-state index is 0.0904. The maximum absolute atomic E-state index is 11.6. The zero-order valence-corrected chi connectivity index (χ0v) is 18.6. The lowest BCUT2D eigenvalue weighted by Crippen LogP contribution is -2.34. The molecule has 3 N–H and O–H groups in total. The Morgan fingerprint density at radius 1 is 1.17 bits per heavy atom. The number of aliphatic hydroxyl groups is 2. The van der Waals surface area contributed by atoms with Crippen LogP contribution in [0.4, 0.5) is 0 Å². The van der Waals surface area contributed by atoms with Crippen molar-refractivity contribution in [2.24, 2.45) is 5.92 Å². The third kappa shape index (κ3) is 6.25. The second-order valence-electron chi connectivity index (χ2n) is 8.60. The van der Waals surface area contributed by atoms with Gasteiger partial charge in [0, 0.05) is 0 Å². The average molecular weight is 419 g/mol. The van der Waals surface area contributed by atoms with E-state index in [9.17, 15) is 20.1 Å². The molecule has 0 bridgehead atoms. The van der Waals surface area contributed by atoms with Crippen LogP contribution < -0.4 is 0 Å². The fraction of sp³-hybridized carbons (Fsp3) is 0.542. The fourth-order valence-corrected chi connectivity index (χ4v) is 3.65. The van der Waals surface area contributed by atoms with E-state index >= 15 is 0 Å². The summed E-state index contributed by atoms with van der Waals surface area (Å²) in [5, 5.41) is 29.8. The molecule has 0 aromatic heterocycles. The summed E-state index contributed by atoms with van der Waals surface area (Å²) >= 11 is 0. The highest BCUT2D eigenvalue weighted by atomic mass is 16.8. The van der Waals surface area contributed by atoms with Crippen molar-refractivity contribution in [2.45, 2.75) is 78.2 Å². The van der Waals surface area contributed by atoms with Crippen LogP contribution in [0.3, 0.4) is 0 Å². The first-order valence-electron chi connectivity index (χ1n) is 10.3. The van der Waals surface area contributed by atoms with E-state index in [-0.39, 0.29) is 11.5 Å². The fourth-order valence-electron chi connectivity index (χ4n) is 3.65. The third-order valence-electron chi connectivity index (χ3n) is 5.32. The van der Waals surface area contributed by atoms with Crippen molar-refractivity contribution in [1.29, 1.82) is 0 Å². The number of hydrogen-bond donors (Lipinski definition) is 3. The lowest BCUT2D eigenvalue weighted by molar-refractivity contribution is -0.152. The first-order valence-corrected chi connectivity index (χ1v) is 10.3. The Balaban J connectivity index is 2.17. The van der Waals surface area contributed by atoms with Crippen molar-refractivity contribution < 1.29 is 29.6 Å². The van der Waals surface area contributed by atoms with E-state index in [0.717, 1.165) is 11.1 Å². The van der Waals surface area contributed by atoms with Gasteiger partial charge >= 0.3 is 5.97 Å². The molecule has 1 saturated heterocycles. The van der Waals surface area contributed by atoms with Crippen LogP contribution in [0.5, 0.6) is 0 Å². The highest BCUT2D eigenvalue weighted by Crippen LogP contribution is 2.32. The van der Waals surface area contributed by atoms with E-state index in [4.69, 9.17) is 9.47 Å². The Morgan fingerprint density at radius 3 is 2.43 bits per heavy atom. The molecule has 6 nitrogen and oxygen atoms in total. The van der Waals surface area contributed by atoms with Gasteiger partial charge in [-0.2, -0.15) is 0 Å². The third-order valence-corrected chi connectivity index (χ3v) is 5.32. The number of rotatable bonds is 8. The lowest BCUT2D eigenvalue weighted by Gasteiger charge is -2.20. The normalized spacial score (nSPS) is 24.4. The SMILES string of the molecule is Cc1cc(C)c(C(=O)O)c(/C=C/C[C@H]2OC(C)(C)O[C@@H]2C(O)/C=C\[C@H](C)[C@H](C)O)c1. The number of hydrogen-bond acceptors (Lipinski definition) is 5. The van der Waals surface area contributed by atoms with Crippen molar-refractivity contribution in [3.8, 4) is 0 Å². The number of benzene rings is 1. The zero-order valence-electron chi connectivity index (χ0n) is 18.6. The van der Waals surface area contributed by atoms with Gasteiger partial charge in [0.25, 0.3) is 0 Å². The van der Waals surface area contributed by atoms with Gasteiger partial charge < -0.3 is 24.8 Å². The van der Waals surface area contributed by atoms with E-state index in [2.05, 4.69) is 0 Å². The standard InChI is InChI=1S/C24H34O6/c1-14-12-16(3)21(23(27)28)18(13-14)8-7-9-20-22(30-24(5,6)29-20)19(26)11-10-15(2)17(4)25/h7-8,10-13,15,17,19-20,22,25-26H,9H2,1-6H3,(H,27,28)/b8-7+,11-10-/t15-,17-,19?,20+,22+/m0/s1. The molecule has 0 radical (unpaired) electrons. The second kappa shape index (κ2) is 9.88. The molecule has 1 aliphatic rings. The molecule has 1 aliphatic heterocycles. The first kappa shape index (κ1) is 24.3. The van der Waals surface area contributed by atoms with Crippen LogP contribution in [-0.4, -0.2) is 51.5 Å². The number of carbonyl (C=O) groups is 1. The van der Waals surface area contributed by atoms with Crippen molar-refractivity contribution in [3.05, 3.63) is 52.6 Å².